The van der Waals surface area contributed by atoms with Crippen molar-refractivity contribution in [1.82, 2.24) is 10.2 Å². The first-order valence-electron chi connectivity index (χ1n) is 4.87. The lowest BCUT2D eigenvalue weighted by molar-refractivity contribution is 0.101. The number of nitrogen functional groups attached to an aromatic ring is 1. The van der Waals surface area contributed by atoms with Gasteiger partial charge in [0.15, 0.2) is 5.78 Å². The Hall–Kier alpha value is -2.23. The summed E-state index contributed by atoms with van der Waals surface area (Å²) < 4.78 is 0. The van der Waals surface area contributed by atoms with E-state index in [-0.39, 0.29) is 5.78 Å². The Balaban J connectivity index is 2.34. The molecule has 2 rings (SSSR count). The molecule has 0 radical (unpaired) electrons. The summed E-state index contributed by atoms with van der Waals surface area (Å²) in [6.07, 6.45) is 0. The van der Waals surface area contributed by atoms with E-state index in [2.05, 4.69) is 10.2 Å². The zero-order chi connectivity index (χ0) is 11.5. The van der Waals surface area contributed by atoms with Crippen LogP contribution in [0.4, 0.5) is 5.82 Å². The fourth-order valence-electron chi connectivity index (χ4n) is 1.37. The van der Waals surface area contributed by atoms with Crippen LogP contribution in [-0.4, -0.2) is 16.0 Å². The van der Waals surface area contributed by atoms with Gasteiger partial charge in [-0.1, -0.05) is 24.3 Å². The molecule has 2 N–H and O–H groups in total. The van der Waals surface area contributed by atoms with Gasteiger partial charge in [-0.3, -0.25) is 4.79 Å². The highest BCUT2D eigenvalue weighted by Crippen LogP contribution is 2.17. The summed E-state index contributed by atoms with van der Waals surface area (Å²) in [6, 6.07) is 10.7. The molecule has 0 aliphatic rings. The molecule has 1 aromatic carbocycles. The Labute approximate surface area is 93.1 Å². The number of nitrogens with zero attached hydrogens (tertiary/aromatic N) is 2. The molecule has 0 bridgehead atoms. The molecule has 0 saturated carbocycles. The Kier molecular flexibility index (Phi) is 2.64. The van der Waals surface area contributed by atoms with Gasteiger partial charge in [0.25, 0.3) is 0 Å². The molecule has 4 nitrogen and oxygen atoms in total. The van der Waals surface area contributed by atoms with E-state index in [1.807, 2.05) is 12.1 Å². The highest BCUT2D eigenvalue weighted by molar-refractivity contribution is 5.94. The first kappa shape index (κ1) is 10.3. The first-order chi connectivity index (χ1) is 7.66. The topological polar surface area (TPSA) is 68.9 Å². The number of nitrogens with two attached hydrogens (primary N) is 1. The molecule has 0 amide bonds. The van der Waals surface area contributed by atoms with Crippen molar-refractivity contribution < 1.29 is 4.79 Å². The predicted molar refractivity (Wildman–Crippen MR) is 61.9 cm³/mol. The van der Waals surface area contributed by atoms with Gasteiger partial charge in [0.2, 0.25) is 0 Å². The largest absolute Gasteiger partial charge is 0.382 e. The van der Waals surface area contributed by atoms with Crippen LogP contribution < -0.4 is 5.73 Å². The monoisotopic (exact) mass is 213 g/mol. The van der Waals surface area contributed by atoms with Crippen molar-refractivity contribution in [3.8, 4) is 11.3 Å². The lowest BCUT2D eigenvalue weighted by Crippen LogP contribution is -1.95. The van der Waals surface area contributed by atoms with Crippen molar-refractivity contribution in [3.63, 3.8) is 0 Å². The standard InChI is InChI=1S/C12H11N3O/c1-8(16)9-2-4-10(5-3-9)11-6-7-12(13)15-14-11/h2-7H,1H3,(H2,13,15). The summed E-state index contributed by atoms with van der Waals surface area (Å²) in [6.45, 7) is 1.54. The van der Waals surface area contributed by atoms with E-state index >= 15 is 0 Å². The Morgan fingerprint density at radius 1 is 1.06 bits per heavy atom. The molecule has 0 saturated heterocycles. The summed E-state index contributed by atoms with van der Waals surface area (Å²) in [5, 5.41) is 7.74. The Bertz CT molecular complexity index is 503. The maximum atomic E-state index is 11.1. The van der Waals surface area contributed by atoms with Crippen LogP contribution in [0, 0.1) is 0 Å². The quantitative estimate of drug-likeness (QED) is 0.774. The molecule has 0 unspecified atom stereocenters. The van der Waals surface area contributed by atoms with Crippen molar-refractivity contribution in [3.05, 3.63) is 42.0 Å². The second-order valence-electron chi connectivity index (χ2n) is 3.48. The van der Waals surface area contributed by atoms with E-state index in [1.54, 1.807) is 24.3 Å². The van der Waals surface area contributed by atoms with E-state index in [1.165, 1.54) is 6.92 Å². The zero-order valence-electron chi connectivity index (χ0n) is 8.84. The van der Waals surface area contributed by atoms with Gasteiger partial charge >= 0.3 is 0 Å². The van der Waals surface area contributed by atoms with Gasteiger partial charge in [0.1, 0.15) is 5.82 Å². The molecule has 4 heteroatoms. The number of carbonyl (C=O) groups excluding carboxylic acids is 1. The molecule has 16 heavy (non-hydrogen) atoms. The third-order valence-corrected chi connectivity index (χ3v) is 2.27. The van der Waals surface area contributed by atoms with Crippen molar-refractivity contribution in [2.24, 2.45) is 0 Å². The molecule has 0 fully saturated rings. The number of anilines is 1. The molecule has 2 aromatic rings. The average molecular weight is 213 g/mol. The van der Waals surface area contributed by atoms with Gasteiger partial charge in [-0.15, -0.1) is 10.2 Å². The van der Waals surface area contributed by atoms with Gasteiger partial charge in [-0.25, -0.2) is 0 Å². The van der Waals surface area contributed by atoms with Gasteiger partial charge in [-0.05, 0) is 19.1 Å². The summed E-state index contributed by atoms with van der Waals surface area (Å²) in [4.78, 5) is 11.1. The van der Waals surface area contributed by atoms with E-state index < -0.39 is 0 Å². The number of rotatable bonds is 2. The Morgan fingerprint density at radius 3 is 2.25 bits per heavy atom. The molecule has 1 aromatic heterocycles. The van der Waals surface area contributed by atoms with E-state index in [9.17, 15) is 4.79 Å². The summed E-state index contributed by atoms with van der Waals surface area (Å²) in [5.74, 6) is 0.444. The molecule has 1 heterocycles. The third kappa shape index (κ3) is 2.06. The average Bonchev–Trinajstić information content (AvgIpc) is 2.30. The zero-order valence-corrected chi connectivity index (χ0v) is 8.84. The predicted octanol–water partition coefficient (Wildman–Crippen LogP) is 1.93. The minimum Gasteiger partial charge on any atom is -0.382 e. The van der Waals surface area contributed by atoms with Gasteiger partial charge < -0.3 is 5.73 Å². The van der Waals surface area contributed by atoms with Crippen molar-refractivity contribution in [2.45, 2.75) is 6.92 Å². The summed E-state index contributed by atoms with van der Waals surface area (Å²) in [5.41, 5.74) is 7.79. The SMILES string of the molecule is CC(=O)c1ccc(-c2ccc(N)nn2)cc1. The van der Waals surface area contributed by atoms with Crippen LogP contribution in [0.25, 0.3) is 11.3 Å². The summed E-state index contributed by atoms with van der Waals surface area (Å²) >= 11 is 0. The van der Waals surface area contributed by atoms with Crippen LogP contribution in [-0.2, 0) is 0 Å². The number of carbonyl (C=O) groups is 1. The number of aromatic nitrogens is 2. The van der Waals surface area contributed by atoms with E-state index in [4.69, 9.17) is 5.73 Å². The van der Waals surface area contributed by atoms with Crippen LogP contribution in [0.1, 0.15) is 17.3 Å². The molecular weight excluding hydrogens is 202 g/mol. The van der Waals surface area contributed by atoms with Crippen LogP contribution in [0.2, 0.25) is 0 Å². The lowest BCUT2D eigenvalue weighted by Gasteiger charge is -2.01. The number of benzene rings is 1. The minimum absolute atomic E-state index is 0.0509. The van der Waals surface area contributed by atoms with E-state index in [0.717, 1.165) is 11.3 Å². The second-order valence-corrected chi connectivity index (χ2v) is 3.48. The highest BCUT2D eigenvalue weighted by atomic mass is 16.1. The van der Waals surface area contributed by atoms with Crippen LogP contribution in [0.3, 0.4) is 0 Å². The smallest absolute Gasteiger partial charge is 0.159 e. The van der Waals surface area contributed by atoms with Crippen molar-refractivity contribution in [2.75, 3.05) is 5.73 Å². The molecule has 80 valence electrons. The number of Topliss-reactive ketones (excluding diaryl/α,β-unsaturated/α-hetero) is 1. The number of ketones is 1. The second kappa shape index (κ2) is 4.10. The highest BCUT2D eigenvalue weighted by Gasteiger charge is 2.02. The fraction of sp³-hybridized carbons (Fsp3) is 0.0833. The van der Waals surface area contributed by atoms with Crippen molar-refractivity contribution in [1.29, 1.82) is 0 Å². The number of hydrogen-bond donors (Lipinski definition) is 1. The molecular formula is C12H11N3O. The van der Waals surface area contributed by atoms with Crippen LogP contribution in [0.5, 0.6) is 0 Å². The first-order valence-corrected chi connectivity index (χ1v) is 4.87. The van der Waals surface area contributed by atoms with Crippen molar-refractivity contribution >= 4 is 11.6 Å². The molecule has 0 aliphatic heterocycles. The van der Waals surface area contributed by atoms with Gasteiger partial charge in [-0.2, -0.15) is 0 Å². The van der Waals surface area contributed by atoms with Crippen LogP contribution >= 0.6 is 0 Å². The van der Waals surface area contributed by atoms with Crippen LogP contribution in [0.15, 0.2) is 36.4 Å². The molecule has 0 spiro atoms. The van der Waals surface area contributed by atoms with Gasteiger partial charge in [0, 0.05) is 11.1 Å². The van der Waals surface area contributed by atoms with E-state index in [0.29, 0.717) is 11.4 Å². The normalized spacial score (nSPS) is 10.1. The minimum atomic E-state index is 0.0509. The molecule has 0 aliphatic carbocycles. The maximum absolute atomic E-state index is 11.1. The maximum Gasteiger partial charge on any atom is 0.159 e. The van der Waals surface area contributed by atoms with Gasteiger partial charge in [0.05, 0.1) is 5.69 Å². The third-order valence-electron chi connectivity index (χ3n) is 2.27. The summed E-state index contributed by atoms with van der Waals surface area (Å²) in [7, 11) is 0. The fourth-order valence-corrected chi connectivity index (χ4v) is 1.37. The Morgan fingerprint density at radius 2 is 1.75 bits per heavy atom. The molecule has 0 atom stereocenters. The lowest BCUT2D eigenvalue weighted by atomic mass is 10.1. The number of hydrogen-bond acceptors (Lipinski definition) is 4.